The third-order valence-corrected chi connectivity index (χ3v) is 2.88. The van der Waals surface area contributed by atoms with E-state index >= 15 is 0 Å². The number of furan rings is 1. The van der Waals surface area contributed by atoms with Crippen molar-refractivity contribution < 1.29 is 22.7 Å². The monoisotopic (exact) mass is 301 g/mol. The van der Waals surface area contributed by atoms with Crippen LogP contribution >= 0.6 is 11.6 Å². The molecular weight excluding hydrogens is 292 g/mol. The van der Waals surface area contributed by atoms with Gasteiger partial charge in [0.05, 0.1) is 24.1 Å². The van der Waals surface area contributed by atoms with Crippen LogP contribution in [0, 0.1) is 11.6 Å². The molecule has 106 valence electrons. The van der Waals surface area contributed by atoms with Crippen LogP contribution in [0.1, 0.15) is 16.1 Å². The molecule has 1 aromatic carbocycles. The number of ether oxygens (including phenoxy) is 1. The maximum atomic E-state index is 13.6. The van der Waals surface area contributed by atoms with Gasteiger partial charge in [0, 0.05) is 18.2 Å². The molecule has 20 heavy (non-hydrogen) atoms. The molecule has 0 bridgehead atoms. The quantitative estimate of drug-likeness (QED) is 0.877. The summed E-state index contributed by atoms with van der Waals surface area (Å²) in [6, 6.07) is 3.24. The number of nitrogens with one attached hydrogen (secondary N) is 1. The minimum Gasteiger partial charge on any atom is -0.463 e. The Balaban J connectivity index is 2.18. The number of carbonyl (C=O) groups is 1. The number of rotatable bonds is 4. The van der Waals surface area contributed by atoms with Crippen LogP contribution in [0.3, 0.4) is 0 Å². The number of benzene rings is 1. The Morgan fingerprint density at radius 2 is 2.20 bits per heavy atom. The lowest BCUT2D eigenvalue weighted by Gasteiger charge is -2.09. The Kier molecular flexibility index (Phi) is 4.24. The second-order valence-electron chi connectivity index (χ2n) is 3.86. The van der Waals surface area contributed by atoms with Crippen molar-refractivity contribution in [1.29, 1.82) is 0 Å². The Morgan fingerprint density at radius 3 is 2.85 bits per heavy atom. The van der Waals surface area contributed by atoms with Gasteiger partial charge in [-0.1, -0.05) is 11.6 Å². The van der Waals surface area contributed by atoms with Crippen LogP contribution in [0.15, 0.2) is 28.9 Å². The van der Waals surface area contributed by atoms with Crippen LogP contribution in [-0.2, 0) is 11.3 Å². The molecule has 0 saturated carbocycles. The molecule has 7 heteroatoms. The van der Waals surface area contributed by atoms with Gasteiger partial charge in [-0.05, 0) is 12.1 Å². The number of carbonyl (C=O) groups excluding carboxylic acids is 1. The summed E-state index contributed by atoms with van der Waals surface area (Å²) in [6.07, 6.45) is 1.31. The standard InChI is InChI=1S/C13H10ClF2NO3/c1-19-13(18)12-7(2-3-20-12)6-17-11-9(14)4-8(15)5-10(11)16/h2-5,17H,6H2,1H3. The first-order valence-electron chi connectivity index (χ1n) is 5.56. The third kappa shape index (κ3) is 2.91. The molecule has 0 amide bonds. The number of halogens is 3. The van der Waals surface area contributed by atoms with Crippen molar-refractivity contribution in [2.45, 2.75) is 6.54 Å². The summed E-state index contributed by atoms with van der Waals surface area (Å²) in [4.78, 5) is 11.4. The molecule has 0 aliphatic heterocycles. The number of hydrogen-bond acceptors (Lipinski definition) is 4. The van der Waals surface area contributed by atoms with Gasteiger partial charge in [-0.2, -0.15) is 0 Å². The van der Waals surface area contributed by atoms with Crippen molar-refractivity contribution in [1.82, 2.24) is 0 Å². The molecule has 2 aromatic rings. The Morgan fingerprint density at radius 1 is 1.45 bits per heavy atom. The fourth-order valence-corrected chi connectivity index (χ4v) is 1.90. The Labute approximate surface area is 118 Å². The molecule has 0 atom stereocenters. The molecule has 0 saturated heterocycles. The highest BCUT2D eigenvalue weighted by molar-refractivity contribution is 6.33. The van der Waals surface area contributed by atoms with E-state index in [1.807, 2.05) is 0 Å². The van der Waals surface area contributed by atoms with E-state index in [-0.39, 0.29) is 23.0 Å². The molecule has 1 heterocycles. The van der Waals surface area contributed by atoms with Crippen LogP contribution in [0.25, 0.3) is 0 Å². The van der Waals surface area contributed by atoms with Crippen LogP contribution < -0.4 is 5.32 Å². The fraction of sp³-hybridized carbons (Fsp3) is 0.154. The first kappa shape index (κ1) is 14.3. The first-order valence-corrected chi connectivity index (χ1v) is 5.94. The Hall–Kier alpha value is -2.08. The van der Waals surface area contributed by atoms with Gasteiger partial charge < -0.3 is 14.5 Å². The molecule has 0 fully saturated rings. The molecule has 0 radical (unpaired) electrons. The van der Waals surface area contributed by atoms with Gasteiger partial charge in [0.1, 0.15) is 5.82 Å². The summed E-state index contributed by atoms with van der Waals surface area (Å²) >= 11 is 5.75. The second kappa shape index (κ2) is 5.92. The minimum absolute atomic E-state index is 0.0126. The van der Waals surface area contributed by atoms with E-state index in [4.69, 9.17) is 16.0 Å². The second-order valence-corrected chi connectivity index (χ2v) is 4.27. The van der Waals surface area contributed by atoms with Crippen molar-refractivity contribution in [3.8, 4) is 0 Å². The van der Waals surface area contributed by atoms with Gasteiger partial charge in [-0.15, -0.1) is 0 Å². The first-order chi connectivity index (χ1) is 9.52. The minimum atomic E-state index is -0.821. The van der Waals surface area contributed by atoms with Crippen molar-refractivity contribution in [2.75, 3.05) is 12.4 Å². The molecule has 0 aliphatic carbocycles. The smallest absolute Gasteiger partial charge is 0.374 e. The summed E-state index contributed by atoms with van der Waals surface area (Å²) in [5, 5.41) is 2.60. The van der Waals surface area contributed by atoms with Gasteiger partial charge in [-0.3, -0.25) is 0 Å². The molecule has 2 rings (SSSR count). The van der Waals surface area contributed by atoms with Crippen molar-refractivity contribution in [3.05, 3.63) is 52.4 Å². The molecule has 4 nitrogen and oxygen atoms in total. The molecule has 0 aliphatic rings. The predicted molar refractivity (Wildman–Crippen MR) is 68.7 cm³/mol. The summed E-state index contributed by atoms with van der Waals surface area (Å²) < 4.78 is 36.0. The molecule has 0 spiro atoms. The number of esters is 1. The summed E-state index contributed by atoms with van der Waals surface area (Å²) in [5.41, 5.74) is 0.418. The van der Waals surface area contributed by atoms with Crippen LogP contribution in [0.5, 0.6) is 0 Å². The highest BCUT2D eigenvalue weighted by atomic mass is 35.5. The largest absolute Gasteiger partial charge is 0.463 e. The Bertz CT molecular complexity index is 619. The highest BCUT2D eigenvalue weighted by Gasteiger charge is 2.17. The average molecular weight is 302 g/mol. The van der Waals surface area contributed by atoms with E-state index in [2.05, 4.69) is 10.1 Å². The SMILES string of the molecule is COC(=O)c1occc1CNc1c(F)cc(F)cc1Cl. The van der Waals surface area contributed by atoms with Gasteiger partial charge in [0.2, 0.25) is 5.76 Å². The fourth-order valence-electron chi connectivity index (χ4n) is 1.64. The molecular formula is C13H10ClF2NO3. The summed E-state index contributed by atoms with van der Waals surface area (Å²) in [5.74, 6) is -2.22. The van der Waals surface area contributed by atoms with E-state index in [1.165, 1.54) is 19.4 Å². The van der Waals surface area contributed by atoms with E-state index in [9.17, 15) is 13.6 Å². The lowest BCUT2D eigenvalue weighted by molar-refractivity contribution is 0.0563. The maximum Gasteiger partial charge on any atom is 0.374 e. The summed E-state index contributed by atoms with van der Waals surface area (Å²) in [6.45, 7) is 0.0726. The zero-order valence-electron chi connectivity index (χ0n) is 10.4. The molecule has 0 unspecified atom stereocenters. The lowest BCUT2D eigenvalue weighted by Crippen LogP contribution is -2.08. The van der Waals surface area contributed by atoms with Crippen LogP contribution in [-0.4, -0.2) is 13.1 Å². The lowest BCUT2D eigenvalue weighted by atomic mass is 10.2. The van der Waals surface area contributed by atoms with E-state index < -0.39 is 17.6 Å². The van der Waals surface area contributed by atoms with Crippen molar-refractivity contribution in [2.24, 2.45) is 0 Å². The van der Waals surface area contributed by atoms with Gasteiger partial charge in [0.25, 0.3) is 0 Å². The average Bonchev–Trinajstić information content (AvgIpc) is 2.85. The van der Waals surface area contributed by atoms with E-state index in [0.717, 1.165) is 6.07 Å². The number of methoxy groups -OCH3 is 1. The van der Waals surface area contributed by atoms with Crippen LogP contribution in [0.2, 0.25) is 5.02 Å². The summed E-state index contributed by atoms with van der Waals surface area (Å²) in [7, 11) is 1.22. The van der Waals surface area contributed by atoms with Gasteiger partial charge >= 0.3 is 5.97 Å². The molecule has 1 N–H and O–H groups in total. The molecule has 1 aromatic heterocycles. The van der Waals surface area contributed by atoms with Gasteiger partial charge in [0.15, 0.2) is 5.82 Å². The number of hydrogen-bond donors (Lipinski definition) is 1. The maximum absolute atomic E-state index is 13.6. The zero-order valence-corrected chi connectivity index (χ0v) is 11.1. The highest BCUT2D eigenvalue weighted by Crippen LogP contribution is 2.27. The van der Waals surface area contributed by atoms with Crippen molar-refractivity contribution >= 4 is 23.3 Å². The van der Waals surface area contributed by atoms with E-state index in [0.29, 0.717) is 11.6 Å². The predicted octanol–water partition coefficient (Wildman–Crippen LogP) is 3.61. The van der Waals surface area contributed by atoms with E-state index in [1.54, 1.807) is 0 Å². The van der Waals surface area contributed by atoms with Crippen LogP contribution in [0.4, 0.5) is 14.5 Å². The number of anilines is 1. The third-order valence-electron chi connectivity index (χ3n) is 2.58. The van der Waals surface area contributed by atoms with Crippen molar-refractivity contribution in [3.63, 3.8) is 0 Å². The van der Waals surface area contributed by atoms with Gasteiger partial charge in [-0.25, -0.2) is 13.6 Å². The normalized spacial score (nSPS) is 10.4. The zero-order chi connectivity index (χ0) is 14.7. The topological polar surface area (TPSA) is 51.5 Å².